The molecule has 4 nitrogen and oxygen atoms in total. The fraction of sp³-hybridized carbons (Fsp3) is 0.583. The van der Waals surface area contributed by atoms with E-state index in [1.54, 1.807) is 12.2 Å². The van der Waals surface area contributed by atoms with Crippen molar-refractivity contribution in [2.45, 2.75) is 26.6 Å². The number of rotatable bonds is 8. The molecule has 17 heavy (non-hydrogen) atoms. The molecule has 0 fully saturated rings. The lowest BCUT2D eigenvalue weighted by atomic mass is 10.3. The highest BCUT2D eigenvalue weighted by Crippen LogP contribution is 2.08. The number of ether oxygens (including phenoxy) is 3. The standard InChI is InChI=1S/C12H19IO4/c1-4-16-11(17-5-2)9-7-6-8-10(13)12(14)15-3/h6-8,11H,4-5,9H2,1-3H3/b7-6+,10-8+. The number of hydrogen-bond donors (Lipinski definition) is 0. The molecular formula is C12H19IO4. The molecule has 0 aromatic rings. The normalized spacial score (nSPS) is 12.4. The minimum atomic E-state index is -0.332. The van der Waals surface area contributed by atoms with E-state index in [2.05, 4.69) is 4.74 Å². The predicted molar refractivity (Wildman–Crippen MR) is 74.9 cm³/mol. The highest BCUT2D eigenvalue weighted by atomic mass is 127. The molecule has 0 rings (SSSR count). The van der Waals surface area contributed by atoms with Crippen LogP contribution in [0.1, 0.15) is 20.3 Å². The van der Waals surface area contributed by atoms with Crippen LogP contribution in [0.5, 0.6) is 0 Å². The molecule has 0 N–H and O–H groups in total. The minimum absolute atomic E-state index is 0.217. The Morgan fingerprint density at radius 3 is 2.35 bits per heavy atom. The monoisotopic (exact) mass is 354 g/mol. The maximum atomic E-state index is 11.1. The Hall–Kier alpha value is -0.400. The summed E-state index contributed by atoms with van der Waals surface area (Å²) in [7, 11) is 1.36. The molecule has 0 aromatic heterocycles. The Morgan fingerprint density at radius 1 is 1.29 bits per heavy atom. The van der Waals surface area contributed by atoms with Gasteiger partial charge in [-0.25, -0.2) is 4.79 Å². The summed E-state index contributed by atoms with van der Waals surface area (Å²) >= 11 is 1.93. The minimum Gasteiger partial charge on any atom is -0.465 e. The SMILES string of the molecule is CCOC(C/C=C/C=C(/I)C(=O)OC)OCC. The van der Waals surface area contributed by atoms with Crippen LogP contribution in [-0.4, -0.2) is 32.6 Å². The molecule has 0 aliphatic heterocycles. The first-order chi connectivity index (χ1) is 8.15. The van der Waals surface area contributed by atoms with Gasteiger partial charge in [0.05, 0.1) is 10.7 Å². The van der Waals surface area contributed by atoms with Gasteiger partial charge in [0.25, 0.3) is 0 Å². The molecule has 0 amide bonds. The Bertz CT molecular complexity index is 268. The van der Waals surface area contributed by atoms with Crippen molar-refractivity contribution in [2.24, 2.45) is 0 Å². The van der Waals surface area contributed by atoms with Gasteiger partial charge in [-0.05, 0) is 42.5 Å². The van der Waals surface area contributed by atoms with Crippen molar-refractivity contribution in [3.63, 3.8) is 0 Å². The Labute approximate surface area is 116 Å². The average Bonchev–Trinajstić information content (AvgIpc) is 2.33. The zero-order chi connectivity index (χ0) is 13.1. The van der Waals surface area contributed by atoms with Crippen LogP contribution in [0.15, 0.2) is 21.8 Å². The number of hydrogen-bond acceptors (Lipinski definition) is 4. The third kappa shape index (κ3) is 8.34. The summed E-state index contributed by atoms with van der Waals surface area (Å²) in [6.07, 6.45) is 5.83. The van der Waals surface area contributed by atoms with Crippen molar-refractivity contribution < 1.29 is 19.0 Å². The van der Waals surface area contributed by atoms with E-state index in [0.717, 1.165) is 0 Å². The van der Waals surface area contributed by atoms with Crippen LogP contribution in [0, 0.1) is 0 Å². The molecule has 0 unspecified atom stereocenters. The predicted octanol–water partition coefficient (Wildman–Crippen LogP) is 2.82. The number of allylic oxidation sites excluding steroid dienone is 2. The van der Waals surface area contributed by atoms with E-state index in [1.807, 2.05) is 42.5 Å². The van der Waals surface area contributed by atoms with E-state index in [1.165, 1.54) is 7.11 Å². The van der Waals surface area contributed by atoms with Gasteiger partial charge in [0.2, 0.25) is 0 Å². The van der Waals surface area contributed by atoms with Crippen LogP contribution >= 0.6 is 22.6 Å². The second kappa shape index (κ2) is 10.7. The van der Waals surface area contributed by atoms with Crippen molar-refractivity contribution in [2.75, 3.05) is 20.3 Å². The molecule has 0 aromatic carbocycles. The zero-order valence-electron chi connectivity index (χ0n) is 10.4. The summed E-state index contributed by atoms with van der Waals surface area (Å²) < 4.78 is 15.8. The van der Waals surface area contributed by atoms with E-state index in [9.17, 15) is 4.79 Å². The van der Waals surface area contributed by atoms with E-state index in [4.69, 9.17) is 9.47 Å². The van der Waals surface area contributed by atoms with Gasteiger partial charge >= 0.3 is 5.97 Å². The van der Waals surface area contributed by atoms with Gasteiger partial charge in [-0.1, -0.05) is 12.2 Å². The first-order valence-corrected chi connectivity index (χ1v) is 6.57. The van der Waals surface area contributed by atoms with Gasteiger partial charge < -0.3 is 14.2 Å². The lowest BCUT2D eigenvalue weighted by molar-refractivity contribution is -0.135. The molecule has 98 valence electrons. The van der Waals surface area contributed by atoms with Gasteiger partial charge in [-0.2, -0.15) is 0 Å². The summed E-state index contributed by atoms with van der Waals surface area (Å²) in [5.41, 5.74) is 0. The largest absolute Gasteiger partial charge is 0.465 e. The van der Waals surface area contributed by atoms with Crippen LogP contribution in [-0.2, 0) is 19.0 Å². The van der Waals surface area contributed by atoms with E-state index in [-0.39, 0.29) is 12.3 Å². The lowest BCUT2D eigenvalue weighted by Crippen LogP contribution is -2.16. The molecule has 0 radical (unpaired) electrons. The van der Waals surface area contributed by atoms with Gasteiger partial charge in [0.1, 0.15) is 0 Å². The maximum Gasteiger partial charge on any atom is 0.344 e. The summed E-state index contributed by atoms with van der Waals surface area (Å²) in [4.78, 5) is 11.1. The van der Waals surface area contributed by atoms with Crippen LogP contribution < -0.4 is 0 Å². The second-order valence-corrected chi connectivity index (χ2v) is 4.17. The summed E-state index contributed by atoms with van der Waals surface area (Å²) in [5, 5.41) is 0. The molecular weight excluding hydrogens is 335 g/mol. The fourth-order valence-corrected chi connectivity index (χ4v) is 1.49. The first-order valence-electron chi connectivity index (χ1n) is 5.49. The molecule has 5 heteroatoms. The third-order valence-corrected chi connectivity index (χ3v) is 2.59. The molecule has 0 spiro atoms. The van der Waals surface area contributed by atoms with Crippen molar-refractivity contribution in [1.82, 2.24) is 0 Å². The van der Waals surface area contributed by atoms with E-state index >= 15 is 0 Å². The van der Waals surface area contributed by atoms with Gasteiger partial charge in [-0.3, -0.25) is 0 Å². The molecule has 0 saturated heterocycles. The number of methoxy groups -OCH3 is 1. The fourth-order valence-electron chi connectivity index (χ4n) is 1.06. The second-order valence-electron chi connectivity index (χ2n) is 3.01. The molecule has 0 atom stereocenters. The number of carbonyl (C=O) groups is 1. The molecule has 0 bridgehead atoms. The molecule has 0 saturated carbocycles. The van der Waals surface area contributed by atoms with Gasteiger partial charge in [0, 0.05) is 19.6 Å². The van der Waals surface area contributed by atoms with Gasteiger partial charge in [-0.15, -0.1) is 0 Å². The molecule has 0 aliphatic carbocycles. The summed E-state index contributed by atoms with van der Waals surface area (Å²) in [5.74, 6) is -0.332. The van der Waals surface area contributed by atoms with Crippen molar-refractivity contribution in [1.29, 1.82) is 0 Å². The summed E-state index contributed by atoms with van der Waals surface area (Å²) in [6, 6.07) is 0. The summed E-state index contributed by atoms with van der Waals surface area (Å²) in [6.45, 7) is 5.09. The Kier molecular flexibility index (Phi) is 10.5. The van der Waals surface area contributed by atoms with Gasteiger partial charge in [0.15, 0.2) is 6.29 Å². The van der Waals surface area contributed by atoms with E-state index in [0.29, 0.717) is 23.2 Å². The van der Waals surface area contributed by atoms with Crippen molar-refractivity contribution in [3.8, 4) is 0 Å². The number of halogens is 1. The van der Waals surface area contributed by atoms with E-state index < -0.39 is 0 Å². The number of carbonyl (C=O) groups excluding carboxylic acids is 1. The quantitative estimate of drug-likeness (QED) is 0.221. The van der Waals surface area contributed by atoms with Crippen molar-refractivity contribution in [3.05, 3.63) is 21.8 Å². The smallest absolute Gasteiger partial charge is 0.344 e. The topological polar surface area (TPSA) is 44.8 Å². The lowest BCUT2D eigenvalue weighted by Gasteiger charge is -2.14. The zero-order valence-corrected chi connectivity index (χ0v) is 12.6. The Morgan fingerprint density at radius 2 is 1.88 bits per heavy atom. The average molecular weight is 354 g/mol. The molecule has 0 heterocycles. The van der Waals surface area contributed by atoms with Crippen molar-refractivity contribution >= 4 is 28.6 Å². The third-order valence-electron chi connectivity index (χ3n) is 1.79. The number of esters is 1. The van der Waals surface area contributed by atoms with Crippen LogP contribution in [0.3, 0.4) is 0 Å². The molecule has 0 aliphatic rings. The van der Waals surface area contributed by atoms with Crippen LogP contribution in [0.2, 0.25) is 0 Å². The maximum absolute atomic E-state index is 11.1. The highest BCUT2D eigenvalue weighted by Gasteiger charge is 2.05. The highest BCUT2D eigenvalue weighted by molar-refractivity contribution is 14.1. The Balaban J connectivity index is 4.10. The van der Waals surface area contributed by atoms with Crippen LogP contribution in [0.4, 0.5) is 0 Å². The van der Waals surface area contributed by atoms with Crippen LogP contribution in [0.25, 0.3) is 0 Å². The first kappa shape index (κ1) is 16.6.